The van der Waals surface area contributed by atoms with Crippen LogP contribution in [-0.4, -0.2) is 47.6 Å². The summed E-state index contributed by atoms with van der Waals surface area (Å²) in [7, 11) is 2.09. The number of ether oxygens (including phenoxy) is 2. The van der Waals surface area contributed by atoms with Crippen LogP contribution in [0.2, 0.25) is 0 Å². The van der Waals surface area contributed by atoms with Crippen LogP contribution in [0.25, 0.3) is 5.69 Å². The van der Waals surface area contributed by atoms with Crippen molar-refractivity contribution >= 4 is 0 Å². The van der Waals surface area contributed by atoms with Crippen LogP contribution in [0.1, 0.15) is 12.8 Å². The number of likely N-dealkylation sites (tertiary alicyclic amines) is 1. The summed E-state index contributed by atoms with van der Waals surface area (Å²) in [6, 6.07) is 4.07. The molecule has 25 heavy (non-hydrogen) atoms. The van der Waals surface area contributed by atoms with Gasteiger partial charge in [0, 0.05) is 18.5 Å². The quantitative estimate of drug-likeness (QED) is 0.823. The standard InChI is InChI=1S/C17H20F3N3O2/c1-22-7-4-13(5-8-22)11-24-16-3-2-14(25-17(18,19)20)10-15(16)23-9-6-21-12-23/h2-3,6,9-10,12-13H,4-5,7-8,11H2,1H3. The van der Waals surface area contributed by atoms with Gasteiger partial charge in [-0.2, -0.15) is 0 Å². The van der Waals surface area contributed by atoms with Gasteiger partial charge in [0.15, 0.2) is 0 Å². The van der Waals surface area contributed by atoms with Gasteiger partial charge >= 0.3 is 6.36 Å². The Bertz CT molecular complexity index is 681. The van der Waals surface area contributed by atoms with E-state index in [1.165, 1.54) is 24.5 Å². The SMILES string of the molecule is CN1CCC(COc2ccc(OC(F)(F)F)cc2-n2ccnc2)CC1. The topological polar surface area (TPSA) is 39.5 Å². The number of aromatic nitrogens is 2. The zero-order valence-electron chi connectivity index (χ0n) is 13.9. The van der Waals surface area contributed by atoms with Crippen molar-refractivity contribution in [3.05, 3.63) is 36.9 Å². The molecular formula is C17H20F3N3O2. The van der Waals surface area contributed by atoms with Crippen molar-refractivity contribution in [2.45, 2.75) is 19.2 Å². The highest BCUT2D eigenvalue weighted by Gasteiger charge is 2.31. The second-order valence-electron chi connectivity index (χ2n) is 6.20. The number of rotatable bonds is 5. The summed E-state index contributed by atoms with van der Waals surface area (Å²) < 4.78 is 48.9. The smallest absolute Gasteiger partial charge is 0.491 e. The van der Waals surface area contributed by atoms with Crippen molar-refractivity contribution in [2.75, 3.05) is 26.7 Å². The number of halogens is 3. The van der Waals surface area contributed by atoms with E-state index >= 15 is 0 Å². The van der Waals surface area contributed by atoms with Gasteiger partial charge in [-0.3, -0.25) is 0 Å². The van der Waals surface area contributed by atoms with Gasteiger partial charge in [-0.25, -0.2) is 4.98 Å². The molecule has 136 valence electrons. The lowest BCUT2D eigenvalue weighted by Crippen LogP contribution is -2.32. The minimum absolute atomic E-state index is 0.289. The maximum absolute atomic E-state index is 12.5. The van der Waals surface area contributed by atoms with Crippen LogP contribution >= 0.6 is 0 Å². The molecule has 0 bridgehead atoms. The largest absolute Gasteiger partial charge is 0.573 e. The summed E-state index contributed by atoms with van der Waals surface area (Å²) in [6.07, 6.45) is 2.07. The fourth-order valence-electron chi connectivity index (χ4n) is 2.86. The first kappa shape index (κ1) is 17.6. The molecule has 1 aliphatic rings. The first-order valence-electron chi connectivity index (χ1n) is 8.10. The van der Waals surface area contributed by atoms with Gasteiger partial charge in [0.25, 0.3) is 0 Å². The lowest BCUT2D eigenvalue weighted by Gasteiger charge is -2.29. The molecule has 0 radical (unpaired) electrons. The summed E-state index contributed by atoms with van der Waals surface area (Å²) in [5.41, 5.74) is 0.465. The average Bonchev–Trinajstić information content (AvgIpc) is 3.08. The molecule has 0 amide bonds. The van der Waals surface area contributed by atoms with Gasteiger partial charge in [-0.05, 0) is 51.0 Å². The Kier molecular flexibility index (Phi) is 5.17. The Hall–Kier alpha value is -2.22. The molecule has 0 saturated carbocycles. The van der Waals surface area contributed by atoms with Crippen LogP contribution in [0.5, 0.6) is 11.5 Å². The number of hydrogen-bond donors (Lipinski definition) is 0. The van der Waals surface area contributed by atoms with Crippen LogP contribution in [0, 0.1) is 5.92 Å². The number of alkyl halides is 3. The maximum atomic E-state index is 12.5. The van der Waals surface area contributed by atoms with E-state index in [1.807, 2.05) is 0 Å². The lowest BCUT2D eigenvalue weighted by atomic mass is 9.98. The molecular weight excluding hydrogens is 335 g/mol. The molecule has 0 atom stereocenters. The van der Waals surface area contributed by atoms with Crippen molar-refractivity contribution in [1.29, 1.82) is 0 Å². The van der Waals surface area contributed by atoms with Crippen molar-refractivity contribution < 1.29 is 22.6 Å². The Balaban J connectivity index is 1.76. The lowest BCUT2D eigenvalue weighted by molar-refractivity contribution is -0.274. The fraction of sp³-hybridized carbons (Fsp3) is 0.471. The highest BCUT2D eigenvalue weighted by molar-refractivity contribution is 5.51. The van der Waals surface area contributed by atoms with E-state index in [0.717, 1.165) is 25.9 Å². The molecule has 3 rings (SSSR count). The summed E-state index contributed by atoms with van der Waals surface area (Å²) in [5.74, 6) is 0.659. The number of imidazole rings is 1. The zero-order valence-corrected chi connectivity index (χ0v) is 13.9. The number of nitrogens with zero attached hydrogens (tertiary/aromatic N) is 3. The molecule has 1 aliphatic heterocycles. The third-order valence-corrected chi connectivity index (χ3v) is 4.26. The molecule has 2 aromatic rings. The van der Waals surface area contributed by atoms with E-state index in [1.54, 1.807) is 17.0 Å². The predicted molar refractivity (Wildman–Crippen MR) is 86.0 cm³/mol. The van der Waals surface area contributed by atoms with Crippen LogP contribution in [0.4, 0.5) is 13.2 Å². The van der Waals surface area contributed by atoms with Gasteiger partial charge in [0.05, 0.1) is 18.6 Å². The number of benzene rings is 1. The Labute approximate surface area is 144 Å². The molecule has 2 heterocycles. The van der Waals surface area contributed by atoms with Gasteiger partial charge in [0.2, 0.25) is 0 Å². The molecule has 0 unspecified atom stereocenters. The molecule has 1 aromatic carbocycles. The first-order valence-corrected chi connectivity index (χ1v) is 8.10. The van der Waals surface area contributed by atoms with Gasteiger partial charge in [0.1, 0.15) is 11.5 Å². The van der Waals surface area contributed by atoms with Crippen LogP contribution in [0.3, 0.4) is 0 Å². The third kappa shape index (κ3) is 4.88. The first-order chi connectivity index (χ1) is 11.9. The van der Waals surface area contributed by atoms with Gasteiger partial charge in [-0.1, -0.05) is 0 Å². The summed E-state index contributed by atoms with van der Waals surface area (Å²) in [4.78, 5) is 6.22. The highest BCUT2D eigenvalue weighted by Crippen LogP contribution is 2.31. The molecule has 0 N–H and O–H groups in total. The van der Waals surface area contributed by atoms with E-state index in [-0.39, 0.29) is 5.75 Å². The average molecular weight is 355 g/mol. The van der Waals surface area contributed by atoms with Crippen molar-refractivity contribution in [3.8, 4) is 17.2 Å². The molecule has 0 aliphatic carbocycles. The fourth-order valence-corrected chi connectivity index (χ4v) is 2.86. The van der Waals surface area contributed by atoms with Gasteiger partial charge < -0.3 is 18.9 Å². The Morgan fingerprint density at radius 3 is 2.64 bits per heavy atom. The summed E-state index contributed by atoms with van der Waals surface area (Å²) >= 11 is 0. The monoisotopic (exact) mass is 355 g/mol. The highest BCUT2D eigenvalue weighted by atomic mass is 19.4. The summed E-state index contributed by atoms with van der Waals surface area (Å²) in [5, 5.41) is 0. The Morgan fingerprint density at radius 2 is 2.00 bits per heavy atom. The molecule has 1 saturated heterocycles. The van der Waals surface area contributed by atoms with Crippen LogP contribution in [0.15, 0.2) is 36.9 Å². The van der Waals surface area contributed by atoms with Crippen LogP contribution in [-0.2, 0) is 0 Å². The summed E-state index contributed by atoms with van der Waals surface area (Å²) in [6.45, 7) is 2.59. The second kappa shape index (κ2) is 7.35. The molecule has 1 fully saturated rings. The minimum Gasteiger partial charge on any atom is -0.491 e. The van der Waals surface area contributed by atoms with E-state index in [2.05, 4.69) is 21.7 Å². The van der Waals surface area contributed by atoms with Crippen LogP contribution < -0.4 is 9.47 Å². The number of hydrogen-bond acceptors (Lipinski definition) is 4. The van der Waals surface area contributed by atoms with E-state index in [0.29, 0.717) is 24.0 Å². The van der Waals surface area contributed by atoms with Gasteiger partial charge in [-0.15, -0.1) is 13.2 Å². The van der Waals surface area contributed by atoms with E-state index < -0.39 is 6.36 Å². The second-order valence-corrected chi connectivity index (χ2v) is 6.20. The van der Waals surface area contributed by atoms with E-state index in [9.17, 15) is 13.2 Å². The van der Waals surface area contributed by atoms with E-state index in [4.69, 9.17) is 4.74 Å². The van der Waals surface area contributed by atoms with Crippen molar-refractivity contribution in [2.24, 2.45) is 5.92 Å². The molecule has 0 spiro atoms. The van der Waals surface area contributed by atoms with Crippen molar-refractivity contribution in [3.63, 3.8) is 0 Å². The maximum Gasteiger partial charge on any atom is 0.573 e. The normalized spacial score (nSPS) is 16.8. The molecule has 1 aromatic heterocycles. The minimum atomic E-state index is -4.73. The third-order valence-electron chi connectivity index (χ3n) is 4.26. The molecule has 8 heteroatoms. The number of piperidine rings is 1. The Morgan fingerprint density at radius 1 is 1.24 bits per heavy atom. The predicted octanol–water partition coefficient (Wildman–Crippen LogP) is 3.49. The zero-order chi connectivity index (χ0) is 17.9. The molecule has 5 nitrogen and oxygen atoms in total. The van der Waals surface area contributed by atoms with Crippen molar-refractivity contribution in [1.82, 2.24) is 14.5 Å².